The molecule has 2 heteroatoms. The molecule has 0 aliphatic heterocycles. The molecule has 2 nitrogen and oxygen atoms in total. The Bertz CT molecular complexity index is 325. The van der Waals surface area contributed by atoms with E-state index in [9.17, 15) is 4.79 Å². The van der Waals surface area contributed by atoms with Gasteiger partial charge < -0.3 is 4.74 Å². The molecule has 0 fully saturated rings. The predicted molar refractivity (Wildman–Crippen MR) is 65.9 cm³/mol. The minimum atomic E-state index is 0.249. The van der Waals surface area contributed by atoms with E-state index in [1.807, 2.05) is 19.1 Å². The first-order valence-corrected chi connectivity index (χ1v) is 5.88. The van der Waals surface area contributed by atoms with E-state index in [2.05, 4.69) is 26.0 Å². The Morgan fingerprint density at radius 3 is 2.38 bits per heavy atom. The van der Waals surface area contributed by atoms with Crippen LogP contribution >= 0.6 is 0 Å². The number of carbonyl (C=O) groups excluding carboxylic acids is 1. The van der Waals surface area contributed by atoms with Crippen molar-refractivity contribution < 1.29 is 9.53 Å². The van der Waals surface area contributed by atoms with E-state index >= 15 is 0 Å². The van der Waals surface area contributed by atoms with Gasteiger partial charge in [0.2, 0.25) is 0 Å². The number of ether oxygens (including phenoxy) is 1. The lowest BCUT2D eigenvalue weighted by molar-refractivity contribution is -0.119. The number of rotatable bonds is 6. The smallest absolute Gasteiger partial charge is 0.136 e. The Balaban J connectivity index is 2.40. The normalized spacial score (nSPS) is 10.5. The van der Waals surface area contributed by atoms with Crippen LogP contribution in [0.4, 0.5) is 0 Å². The number of hydrogen-bond donors (Lipinski definition) is 0. The number of benzene rings is 1. The maximum Gasteiger partial charge on any atom is 0.136 e. The minimum absolute atomic E-state index is 0.249. The first-order chi connectivity index (χ1) is 7.63. The van der Waals surface area contributed by atoms with E-state index in [1.54, 1.807) is 0 Å². The molecule has 0 saturated carbocycles. The highest BCUT2D eigenvalue weighted by molar-refractivity contribution is 5.78. The van der Waals surface area contributed by atoms with Crippen molar-refractivity contribution in [2.45, 2.75) is 39.5 Å². The molecular formula is C14H20O2. The zero-order valence-corrected chi connectivity index (χ0v) is 10.3. The molecule has 0 unspecified atom stereocenters. The minimum Gasteiger partial charge on any atom is -0.493 e. The molecule has 0 aromatic heterocycles. The van der Waals surface area contributed by atoms with Gasteiger partial charge in [0.05, 0.1) is 6.61 Å². The standard InChI is InChI=1S/C14H20O2/c1-4-13(15)9-10-16-14-7-5-12(6-8-14)11(2)3/h5-8,11H,4,9-10H2,1-3H3. The molecule has 0 atom stereocenters. The van der Waals surface area contributed by atoms with Gasteiger partial charge in [-0.25, -0.2) is 0 Å². The van der Waals surface area contributed by atoms with E-state index in [1.165, 1.54) is 5.56 Å². The molecule has 0 heterocycles. The third-order valence-corrected chi connectivity index (χ3v) is 2.59. The summed E-state index contributed by atoms with van der Waals surface area (Å²) in [6, 6.07) is 8.07. The van der Waals surface area contributed by atoms with Crippen LogP contribution in [0.1, 0.15) is 45.1 Å². The summed E-state index contributed by atoms with van der Waals surface area (Å²) in [5.74, 6) is 1.63. The van der Waals surface area contributed by atoms with Gasteiger partial charge in [0.1, 0.15) is 11.5 Å². The topological polar surface area (TPSA) is 26.3 Å². The summed E-state index contributed by atoms with van der Waals surface area (Å²) < 4.78 is 5.49. The molecule has 0 amide bonds. The fourth-order valence-corrected chi connectivity index (χ4v) is 1.41. The number of hydrogen-bond acceptors (Lipinski definition) is 2. The second kappa shape index (κ2) is 6.31. The maximum absolute atomic E-state index is 11.1. The lowest BCUT2D eigenvalue weighted by atomic mass is 10.0. The van der Waals surface area contributed by atoms with Gasteiger partial charge in [-0.2, -0.15) is 0 Å². The lowest BCUT2D eigenvalue weighted by Gasteiger charge is -2.08. The summed E-state index contributed by atoms with van der Waals surface area (Å²) in [5, 5.41) is 0. The van der Waals surface area contributed by atoms with Crippen molar-refractivity contribution in [3.8, 4) is 5.75 Å². The summed E-state index contributed by atoms with van der Waals surface area (Å²) in [4.78, 5) is 11.1. The Morgan fingerprint density at radius 1 is 1.25 bits per heavy atom. The van der Waals surface area contributed by atoms with Crippen molar-refractivity contribution in [2.24, 2.45) is 0 Å². The zero-order valence-electron chi connectivity index (χ0n) is 10.3. The average molecular weight is 220 g/mol. The third kappa shape index (κ3) is 4.05. The maximum atomic E-state index is 11.1. The van der Waals surface area contributed by atoms with Crippen LogP contribution < -0.4 is 4.74 Å². The van der Waals surface area contributed by atoms with Crippen molar-refractivity contribution in [1.82, 2.24) is 0 Å². The van der Waals surface area contributed by atoms with Gasteiger partial charge in [-0.3, -0.25) is 4.79 Å². The average Bonchev–Trinajstić information content (AvgIpc) is 2.29. The molecule has 0 saturated heterocycles. The zero-order chi connectivity index (χ0) is 12.0. The monoisotopic (exact) mass is 220 g/mol. The highest BCUT2D eigenvalue weighted by Crippen LogP contribution is 2.18. The van der Waals surface area contributed by atoms with Crippen molar-refractivity contribution >= 4 is 5.78 Å². The first kappa shape index (κ1) is 12.8. The fourth-order valence-electron chi connectivity index (χ4n) is 1.41. The molecule has 0 aliphatic rings. The van der Waals surface area contributed by atoms with Gasteiger partial charge in [0.15, 0.2) is 0 Å². The molecule has 0 radical (unpaired) electrons. The summed E-state index contributed by atoms with van der Waals surface area (Å²) >= 11 is 0. The number of ketones is 1. The molecule has 0 aliphatic carbocycles. The van der Waals surface area contributed by atoms with Crippen LogP contribution in [0.2, 0.25) is 0 Å². The van der Waals surface area contributed by atoms with Crippen molar-refractivity contribution in [1.29, 1.82) is 0 Å². The molecule has 1 aromatic carbocycles. The largest absolute Gasteiger partial charge is 0.493 e. The lowest BCUT2D eigenvalue weighted by Crippen LogP contribution is -2.04. The van der Waals surface area contributed by atoms with Crippen molar-refractivity contribution in [2.75, 3.05) is 6.61 Å². The summed E-state index contributed by atoms with van der Waals surface area (Å²) in [6.07, 6.45) is 1.10. The number of carbonyl (C=O) groups is 1. The molecule has 1 aromatic rings. The van der Waals surface area contributed by atoms with Crippen LogP contribution in [0.25, 0.3) is 0 Å². The van der Waals surface area contributed by atoms with Crippen LogP contribution in [0.15, 0.2) is 24.3 Å². The summed E-state index contributed by atoms with van der Waals surface area (Å²) in [5.41, 5.74) is 1.30. The fraction of sp³-hybridized carbons (Fsp3) is 0.500. The van der Waals surface area contributed by atoms with Gasteiger partial charge >= 0.3 is 0 Å². The van der Waals surface area contributed by atoms with Gasteiger partial charge in [0, 0.05) is 12.8 Å². The molecular weight excluding hydrogens is 200 g/mol. The third-order valence-electron chi connectivity index (χ3n) is 2.59. The van der Waals surface area contributed by atoms with Crippen molar-refractivity contribution in [3.63, 3.8) is 0 Å². The molecule has 88 valence electrons. The SMILES string of the molecule is CCC(=O)CCOc1ccc(C(C)C)cc1. The van der Waals surface area contributed by atoms with Gasteiger partial charge in [0.25, 0.3) is 0 Å². The highest BCUT2D eigenvalue weighted by atomic mass is 16.5. The molecule has 1 rings (SSSR count). The van der Waals surface area contributed by atoms with Crippen LogP contribution in [-0.4, -0.2) is 12.4 Å². The Morgan fingerprint density at radius 2 is 1.88 bits per heavy atom. The molecule has 0 bridgehead atoms. The predicted octanol–water partition coefficient (Wildman–Crippen LogP) is 3.56. The Kier molecular flexibility index (Phi) is 5.03. The second-order valence-electron chi connectivity index (χ2n) is 4.21. The highest BCUT2D eigenvalue weighted by Gasteiger charge is 2.01. The van der Waals surface area contributed by atoms with E-state index in [4.69, 9.17) is 4.74 Å². The Hall–Kier alpha value is -1.31. The molecule has 16 heavy (non-hydrogen) atoms. The van der Waals surface area contributed by atoms with E-state index < -0.39 is 0 Å². The van der Waals surface area contributed by atoms with Crippen molar-refractivity contribution in [3.05, 3.63) is 29.8 Å². The van der Waals surface area contributed by atoms with E-state index in [-0.39, 0.29) is 5.78 Å². The Labute approximate surface area is 97.6 Å². The second-order valence-corrected chi connectivity index (χ2v) is 4.21. The van der Waals surface area contributed by atoms with Crippen LogP contribution in [0.3, 0.4) is 0 Å². The molecule has 0 N–H and O–H groups in total. The van der Waals surface area contributed by atoms with Crippen LogP contribution in [-0.2, 0) is 4.79 Å². The van der Waals surface area contributed by atoms with Gasteiger partial charge in [-0.15, -0.1) is 0 Å². The van der Waals surface area contributed by atoms with Crippen LogP contribution in [0.5, 0.6) is 5.75 Å². The number of Topliss-reactive ketones (excluding diaryl/α,β-unsaturated/α-hetero) is 1. The van der Waals surface area contributed by atoms with Gasteiger partial charge in [-0.05, 0) is 23.6 Å². The summed E-state index contributed by atoms with van der Waals surface area (Å²) in [6.45, 7) is 6.68. The van der Waals surface area contributed by atoms with E-state index in [0.717, 1.165) is 5.75 Å². The van der Waals surface area contributed by atoms with Crippen LogP contribution in [0, 0.1) is 0 Å². The molecule has 0 spiro atoms. The quantitative estimate of drug-likeness (QED) is 0.732. The van der Waals surface area contributed by atoms with Gasteiger partial charge in [-0.1, -0.05) is 32.9 Å². The first-order valence-electron chi connectivity index (χ1n) is 5.88. The van der Waals surface area contributed by atoms with E-state index in [0.29, 0.717) is 25.4 Å². The summed E-state index contributed by atoms with van der Waals surface area (Å²) in [7, 11) is 0.